The van der Waals surface area contributed by atoms with Crippen molar-refractivity contribution < 1.29 is 0 Å². The quantitative estimate of drug-likeness (QED) is 0.828. The summed E-state index contributed by atoms with van der Waals surface area (Å²) in [5.74, 6) is 2.76. The zero-order valence-electron chi connectivity index (χ0n) is 10.5. The first-order chi connectivity index (χ1) is 7.50. The Labute approximate surface area is 97.1 Å². The Morgan fingerprint density at radius 1 is 1.38 bits per heavy atom. The second-order valence-electron chi connectivity index (χ2n) is 5.24. The molecule has 0 radical (unpaired) electrons. The number of nitrogens with one attached hydrogen (secondary N) is 1. The van der Waals surface area contributed by atoms with Crippen LogP contribution in [0.2, 0.25) is 0 Å². The average molecular weight is 220 g/mol. The van der Waals surface area contributed by atoms with E-state index in [9.17, 15) is 0 Å². The van der Waals surface area contributed by atoms with Crippen LogP contribution in [0.5, 0.6) is 0 Å². The Balaban J connectivity index is 2.24. The van der Waals surface area contributed by atoms with Crippen molar-refractivity contribution in [3.05, 3.63) is 11.9 Å². The molecule has 1 aliphatic heterocycles. The number of aryl methyl sites for hydroxylation is 1. The molecule has 0 aromatic carbocycles. The number of rotatable bonds is 2. The van der Waals surface area contributed by atoms with E-state index in [1.807, 2.05) is 20.0 Å². The van der Waals surface area contributed by atoms with Crippen molar-refractivity contribution in [1.29, 1.82) is 0 Å². The van der Waals surface area contributed by atoms with E-state index in [1.54, 1.807) is 0 Å². The minimum Gasteiger partial charge on any atom is -0.373 e. The largest absolute Gasteiger partial charge is 0.373 e. The van der Waals surface area contributed by atoms with E-state index in [-0.39, 0.29) is 0 Å². The standard InChI is InChI=1S/C12H20N4/c1-9-14-10(13-4)7-11(15-9)16-6-5-12(2,3)8-16/h7H,5-6,8H2,1-4H3,(H,13,14,15). The van der Waals surface area contributed by atoms with Crippen LogP contribution in [0.3, 0.4) is 0 Å². The van der Waals surface area contributed by atoms with Gasteiger partial charge in [-0.05, 0) is 18.8 Å². The van der Waals surface area contributed by atoms with Gasteiger partial charge in [-0.25, -0.2) is 9.97 Å². The lowest BCUT2D eigenvalue weighted by molar-refractivity contribution is 0.418. The molecule has 0 amide bonds. The minimum absolute atomic E-state index is 0.401. The zero-order chi connectivity index (χ0) is 11.8. The summed E-state index contributed by atoms with van der Waals surface area (Å²) in [7, 11) is 1.89. The summed E-state index contributed by atoms with van der Waals surface area (Å²) in [6.07, 6.45) is 1.23. The molecule has 2 rings (SSSR count). The fourth-order valence-corrected chi connectivity index (χ4v) is 2.15. The maximum absolute atomic E-state index is 4.50. The van der Waals surface area contributed by atoms with E-state index in [0.717, 1.165) is 30.5 Å². The number of hydrogen-bond acceptors (Lipinski definition) is 4. The lowest BCUT2D eigenvalue weighted by Crippen LogP contribution is -2.24. The lowest BCUT2D eigenvalue weighted by atomic mass is 9.93. The Morgan fingerprint density at radius 3 is 2.69 bits per heavy atom. The van der Waals surface area contributed by atoms with E-state index >= 15 is 0 Å². The highest BCUT2D eigenvalue weighted by molar-refractivity contribution is 5.50. The first-order valence-electron chi connectivity index (χ1n) is 5.78. The van der Waals surface area contributed by atoms with Gasteiger partial charge in [0.1, 0.15) is 17.5 Å². The van der Waals surface area contributed by atoms with E-state index < -0.39 is 0 Å². The number of nitrogens with zero attached hydrogens (tertiary/aromatic N) is 3. The van der Waals surface area contributed by atoms with Crippen molar-refractivity contribution in [2.75, 3.05) is 30.4 Å². The van der Waals surface area contributed by atoms with Crippen LogP contribution >= 0.6 is 0 Å². The fraction of sp³-hybridized carbons (Fsp3) is 0.667. The van der Waals surface area contributed by atoms with E-state index in [4.69, 9.17) is 0 Å². The van der Waals surface area contributed by atoms with Crippen LogP contribution in [0.1, 0.15) is 26.1 Å². The number of anilines is 2. The van der Waals surface area contributed by atoms with Gasteiger partial charge >= 0.3 is 0 Å². The summed E-state index contributed by atoms with van der Waals surface area (Å²) in [5, 5.41) is 3.07. The molecule has 0 atom stereocenters. The maximum atomic E-state index is 4.50. The van der Waals surface area contributed by atoms with Crippen molar-refractivity contribution in [1.82, 2.24) is 9.97 Å². The van der Waals surface area contributed by atoms with Gasteiger partial charge in [0, 0.05) is 26.2 Å². The minimum atomic E-state index is 0.401. The molecular formula is C12H20N4. The lowest BCUT2D eigenvalue weighted by Gasteiger charge is -2.21. The van der Waals surface area contributed by atoms with Crippen LogP contribution in [-0.2, 0) is 0 Å². The summed E-state index contributed by atoms with van der Waals surface area (Å²) in [6.45, 7) is 8.71. The molecule has 1 aromatic rings. The third-order valence-electron chi connectivity index (χ3n) is 3.08. The van der Waals surface area contributed by atoms with Crippen molar-refractivity contribution in [3.8, 4) is 0 Å². The van der Waals surface area contributed by atoms with Crippen LogP contribution in [-0.4, -0.2) is 30.1 Å². The molecule has 88 valence electrons. The van der Waals surface area contributed by atoms with Gasteiger partial charge in [-0.15, -0.1) is 0 Å². The summed E-state index contributed by atoms with van der Waals surface area (Å²) < 4.78 is 0. The zero-order valence-corrected chi connectivity index (χ0v) is 10.5. The van der Waals surface area contributed by atoms with Gasteiger partial charge in [-0.2, -0.15) is 0 Å². The first kappa shape index (κ1) is 11.2. The Hall–Kier alpha value is -1.32. The summed E-state index contributed by atoms with van der Waals surface area (Å²) in [5.41, 5.74) is 0.401. The molecule has 0 unspecified atom stereocenters. The molecule has 2 heterocycles. The summed E-state index contributed by atoms with van der Waals surface area (Å²) >= 11 is 0. The molecule has 4 heteroatoms. The van der Waals surface area contributed by atoms with Crippen LogP contribution in [0, 0.1) is 12.3 Å². The molecular weight excluding hydrogens is 200 g/mol. The first-order valence-corrected chi connectivity index (χ1v) is 5.78. The van der Waals surface area contributed by atoms with Crippen molar-refractivity contribution in [2.45, 2.75) is 27.2 Å². The maximum Gasteiger partial charge on any atom is 0.134 e. The highest BCUT2D eigenvalue weighted by Crippen LogP contribution is 2.32. The average Bonchev–Trinajstić information content (AvgIpc) is 2.58. The molecule has 1 aromatic heterocycles. The van der Waals surface area contributed by atoms with E-state index in [0.29, 0.717) is 5.41 Å². The topological polar surface area (TPSA) is 41.0 Å². The molecule has 1 N–H and O–H groups in total. The Kier molecular flexibility index (Phi) is 2.74. The van der Waals surface area contributed by atoms with Crippen molar-refractivity contribution in [2.24, 2.45) is 5.41 Å². The second-order valence-corrected chi connectivity index (χ2v) is 5.24. The molecule has 0 bridgehead atoms. The van der Waals surface area contributed by atoms with Gasteiger partial charge in [0.05, 0.1) is 0 Å². The molecule has 0 saturated carbocycles. The highest BCUT2D eigenvalue weighted by Gasteiger charge is 2.30. The molecule has 4 nitrogen and oxygen atoms in total. The van der Waals surface area contributed by atoms with Crippen LogP contribution in [0.25, 0.3) is 0 Å². The summed E-state index contributed by atoms with van der Waals surface area (Å²) in [4.78, 5) is 11.2. The van der Waals surface area contributed by atoms with Crippen LogP contribution < -0.4 is 10.2 Å². The highest BCUT2D eigenvalue weighted by atomic mass is 15.2. The SMILES string of the molecule is CNc1cc(N2CCC(C)(C)C2)nc(C)n1. The Morgan fingerprint density at radius 2 is 2.12 bits per heavy atom. The number of hydrogen-bond donors (Lipinski definition) is 1. The number of aromatic nitrogens is 2. The molecule has 1 aliphatic rings. The van der Waals surface area contributed by atoms with Gasteiger partial charge in [-0.3, -0.25) is 0 Å². The third-order valence-corrected chi connectivity index (χ3v) is 3.08. The van der Waals surface area contributed by atoms with Crippen LogP contribution in [0.4, 0.5) is 11.6 Å². The van der Waals surface area contributed by atoms with Gasteiger partial charge in [-0.1, -0.05) is 13.8 Å². The molecule has 0 aliphatic carbocycles. The molecule has 1 saturated heterocycles. The van der Waals surface area contributed by atoms with E-state index in [2.05, 4.69) is 34.0 Å². The molecule has 0 spiro atoms. The van der Waals surface area contributed by atoms with E-state index in [1.165, 1.54) is 6.42 Å². The predicted molar refractivity (Wildman–Crippen MR) is 66.9 cm³/mol. The fourth-order valence-electron chi connectivity index (χ4n) is 2.15. The molecule has 1 fully saturated rings. The summed E-state index contributed by atoms with van der Waals surface area (Å²) in [6, 6.07) is 2.02. The van der Waals surface area contributed by atoms with Gasteiger partial charge in [0.15, 0.2) is 0 Å². The van der Waals surface area contributed by atoms with Crippen molar-refractivity contribution >= 4 is 11.6 Å². The third kappa shape index (κ3) is 2.26. The molecule has 16 heavy (non-hydrogen) atoms. The second kappa shape index (κ2) is 3.92. The normalized spacial score (nSPS) is 18.9. The monoisotopic (exact) mass is 220 g/mol. The Bertz CT molecular complexity index is 387. The van der Waals surface area contributed by atoms with Crippen molar-refractivity contribution in [3.63, 3.8) is 0 Å². The van der Waals surface area contributed by atoms with Crippen LogP contribution in [0.15, 0.2) is 6.07 Å². The van der Waals surface area contributed by atoms with Gasteiger partial charge < -0.3 is 10.2 Å². The predicted octanol–water partition coefficient (Wildman–Crippen LogP) is 2.06. The van der Waals surface area contributed by atoms with Gasteiger partial charge in [0.2, 0.25) is 0 Å². The smallest absolute Gasteiger partial charge is 0.134 e. The van der Waals surface area contributed by atoms with Gasteiger partial charge in [0.25, 0.3) is 0 Å².